The molecule has 3 rings (SSSR count). The van der Waals surface area contributed by atoms with Gasteiger partial charge in [-0.05, 0) is 55.5 Å². The van der Waals surface area contributed by atoms with E-state index in [1.807, 2.05) is 11.3 Å². The maximum absolute atomic E-state index is 3.73. The van der Waals surface area contributed by atoms with Crippen LogP contribution >= 0.6 is 23.1 Å². The number of fused-ring (bicyclic) bond motifs is 1. The molecule has 2 aliphatic heterocycles. The van der Waals surface area contributed by atoms with E-state index in [1.54, 1.807) is 10.4 Å². The Morgan fingerprint density at radius 3 is 3.27 bits per heavy atom. The zero-order valence-corrected chi connectivity index (χ0v) is 10.7. The van der Waals surface area contributed by atoms with Crippen molar-refractivity contribution in [1.29, 1.82) is 0 Å². The predicted octanol–water partition coefficient (Wildman–Crippen LogP) is 3.22. The molecular formula is C12H17NS2. The van der Waals surface area contributed by atoms with Crippen LogP contribution in [0.3, 0.4) is 0 Å². The van der Waals surface area contributed by atoms with E-state index < -0.39 is 0 Å². The number of thioether (sulfide) groups is 1. The van der Waals surface area contributed by atoms with Crippen LogP contribution in [-0.4, -0.2) is 17.0 Å². The molecule has 1 saturated heterocycles. The van der Waals surface area contributed by atoms with Gasteiger partial charge in [0.15, 0.2) is 0 Å². The summed E-state index contributed by atoms with van der Waals surface area (Å²) in [5, 5.41) is 5.99. The first-order valence-electron chi connectivity index (χ1n) is 5.73. The number of hydrogen-bond donors (Lipinski definition) is 1. The third-order valence-electron chi connectivity index (χ3n) is 3.65. The lowest BCUT2D eigenvalue weighted by Crippen LogP contribution is -2.41. The minimum Gasteiger partial charge on any atom is -0.308 e. The van der Waals surface area contributed by atoms with Gasteiger partial charge in [-0.25, -0.2) is 0 Å². The molecule has 82 valence electrons. The average Bonchev–Trinajstić information content (AvgIpc) is 2.85. The van der Waals surface area contributed by atoms with Crippen LogP contribution in [0.25, 0.3) is 0 Å². The van der Waals surface area contributed by atoms with Crippen molar-refractivity contribution in [2.75, 3.05) is 12.3 Å². The molecule has 3 heteroatoms. The zero-order valence-electron chi connectivity index (χ0n) is 9.08. The van der Waals surface area contributed by atoms with E-state index in [9.17, 15) is 0 Å². The van der Waals surface area contributed by atoms with Crippen molar-refractivity contribution in [2.45, 2.75) is 37.0 Å². The molecule has 1 aromatic heterocycles. The Morgan fingerprint density at radius 1 is 1.53 bits per heavy atom. The fourth-order valence-electron chi connectivity index (χ4n) is 2.77. The van der Waals surface area contributed by atoms with Crippen LogP contribution < -0.4 is 5.32 Å². The fourth-order valence-corrected chi connectivity index (χ4v) is 5.44. The summed E-state index contributed by atoms with van der Waals surface area (Å²) < 4.78 is 0.444. The van der Waals surface area contributed by atoms with E-state index in [0.29, 0.717) is 10.8 Å². The van der Waals surface area contributed by atoms with Crippen LogP contribution in [0.4, 0.5) is 0 Å². The fraction of sp³-hybridized carbons (Fsp3) is 0.667. The largest absolute Gasteiger partial charge is 0.308 e. The second-order valence-electron chi connectivity index (χ2n) is 4.71. The Balaban J connectivity index is 1.95. The Hall–Kier alpha value is 0.01000. The number of thiophene rings is 1. The molecule has 0 amide bonds. The first kappa shape index (κ1) is 10.2. The third-order valence-corrected chi connectivity index (χ3v) is 6.26. The molecule has 2 atom stereocenters. The van der Waals surface area contributed by atoms with Crippen molar-refractivity contribution in [3.8, 4) is 0 Å². The lowest BCUT2D eigenvalue weighted by atomic mass is 9.90. The van der Waals surface area contributed by atoms with E-state index in [-0.39, 0.29) is 0 Å². The topological polar surface area (TPSA) is 12.0 Å². The van der Waals surface area contributed by atoms with Crippen LogP contribution in [0.15, 0.2) is 11.4 Å². The minimum absolute atomic E-state index is 0.444. The maximum Gasteiger partial charge on any atom is 0.0564 e. The van der Waals surface area contributed by atoms with Crippen LogP contribution in [0, 0.1) is 0 Å². The van der Waals surface area contributed by atoms with Crippen LogP contribution in [0.2, 0.25) is 0 Å². The van der Waals surface area contributed by atoms with Gasteiger partial charge in [0, 0.05) is 9.62 Å². The van der Waals surface area contributed by atoms with Gasteiger partial charge < -0.3 is 5.32 Å². The minimum atomic E-state index is 0.444. The standard InChI is InChI=1S/C12H17NS2/c1-12(5-2-7-15-12)11-10-9(3-6-13-11)4-8-14-10/h4,8,11,13H,2-3,5-7H2,1H3. The second-order valence-corrected chi connectivity index (χ2v) is 7.29. The van der Waals surface area contributed by atoms with Crippen molar-refractivity contribution in [1.82, 2.24) is 5.32 Å². The molecule has 1 aromatic rings. The first-order valence-corrected chi connectivity index (χ1v) is 7.60. The summed E-state index contributed by atoms with van der Waals surface area (Å²) in [5.41, 5.74) is 1.59. The van der Waals surface area contributed by atoms with Gasteiger partial charge in [0.25, 0.3) is 0 Å². The number of nitrogens with one attached hydrogen (secondary N) is 1. The molecule has 1 nitrogen and oxygen atoms in total. The van der Waals surface area contributed by atoms with E-state index in [4.69, 9.17) is 0 Å². The Labute approximate surface area is 99.7 Å². The summed E-state index contributed by atoms with van der Waals surface area (Å²) in [6, 6.07) is 2.92. The van der Waals surface area contributed by atoms with Gasteiger partial charge in [-0.3, -0.25) is 0 Å². The molecular weight excluding hydrogens is 222 g/mol. The molecule has 0 aliphatic carbocycles. The summed E-state index contributed by atoms with van der Waals surface area (Å²) in [6.45, 7) is 3.60. The smallest absolute Gasteiger partial charge is 0.0564 e. The summed E-state index contributed by atoms with van der Waals surface area (Å²) in [4.78, 5) is 1.61. The van der Waals surface area contributed by atoms with Gasteiger partial charge in [0.1, 0.15) is 0 Å². The Morgan fingerprint density at radius 2 is 2.47 bits per heavy atom. The van der Waals surface area contributed by atoms with Crippen molar-refractivity contribution in [3.63, 3.8) is 0 Å². The van der Waals surface area contributed by atoms with Crippen molar-refractivity contribution in [3.05, 3.63) is 21.9 Å². The van der Waals surface area contributed by atoms with Crippen molar-refractivity contribution in [2.24, 2.45) is 0 Å². The van der Waals surface area contributed by atoms with Crippen molar-refractivity contribution >= 4 is 23.1 Å². The van der Waals surface area contributed by atoms with E-state index >= 15 is 0 Å². The highest BCUT2D eigenvalue weighted by Crippen LogP contribution is 2.49. The highest BCUT2D eigenvalue weighted by molar-refractivity contribution is 8.00. The third kappa shape index (κ3) is 1.65. The van der Waals surface area contributed by atoms with Crippen LogP contribution in [-0.2, 0) is 6.42 Å². The average molecular weight is 239 g/mol. The number of rotatable bonds is 1. The van der Waals surface area contributed by atoms with Crippen LogP contribution in [0.1, 0.15) is 36.2 Å². The molecule has 0 spiro atoms. The molecule has 0 radical (unpaired) electrons. The quantitative estimate of drug-likeness (QED) is 0.807. The number of hydrogen-bond acceptors (Lipinski definition) is 3. The highest BCUT2D eigenvalue weighted by atomic mass is 32.2. The van der Waals surface area contributed by atoms with Gasteiger partial charge in [0.2, 0.25) is 0 Å². The van der Waals surface area contributed by atoms with E-state index in [1.165, 1.54) is 25.0 Å². The van der Waals surface area contributed by atoms with E-state index in [2.05, 4.69) is 35.4 Å². The Kier molecular flexibility index (Phi) is 2.57. The molecule has 15 heavy (non-hydrogen) atoms. The van der Waals surface area contributed by atoms with Gasteiger partial charge in [-0.1, -0.05) is 0 Å². The predicted molar refractivity (Wildman–Crippen MR) is 68.9 cm³/mol. The van der Waals surface area contributed by atoms with Crippen LogP contribution in [0.5, 0.6) is 0 Å². The lowest BCUT2D eigenvalue weighted by molar-refractivity contribution is 0.403. The summed E-state index contributed by atoms with van der Waals surface area (Å²) in [5.74, 6) is 1.34. The molecule has 3 heterocycles. The summed E-state index contributed by atoms with van der Waals surface area (Å²) >= 11 is 4.11. The summed E-state index contributed by atoms with van der Waals surface area (Å²) in [6.07, 6.45) is 3.98. The summed E-state index contributed by atoms with van der Waals surface area (Å²) in [7, 11) is 0. The van der Waals surface area contributed by atoms with Gasteiger partial charge in [-0.2, -0.15) is 11.8 Å². The first-order chi connectivity index (χ1) is 7.30. The molecule has 2 unspecified atom stereocenters. The highest BCUT2D eigenvalue weighted by Gasteiger charge is 2.41. The van der Waals surface area contributed by atoms with Gasteiger partial charge in [0.05, 0.1) is 6.04 Å². The van der Waals surface area contributed by atoms with Crippen molar-refractivity contribution < 1.29 is 0 Å². The van der Waals surface area contributed by atoms with Gasteiger partial charge in [-0.15, -0.1) is 11.3 Å². The molecule has 0 aromatic carbocycles. The maximum atomic E-state index is 3.73. The molecule has 0 saturated carbocycles. The second kappa shape index (κ2) is 3.79. The van der Waals surface area contributed by atoms with Gasteiger partial charge >= 0.3 is 0 Å². The molecule has 2 aliphatic rings. The zero-order chi connectivity index (χ0) is 10.3. The SMILES string of the molecule is CC1(C2NCCc3ccsc32)CCCS1. The molecule has 1 fully saturated rings. The molecule has 1 N–H and O–H groups in total. The Bertz CT molecular complexity index is 352. The monoisotopic (exact) mass is 239 g/mol. The lowest BCUT2D eigenvalue weighted by Gasteiger charge is -2.36. The normalized spacial score (nSPS) is 35.4. The molecule has 0 bridgehead atoms. The van der Waals surface area contributed by atoms with E-state index in [0.717, 1.165) is 6.54 Å².